The van der Waals surface area contributed by atoms with Crippen LogP contribution in [0.3, 0.4) is 0 Å². The Morgan fingerprint density at radius 2 is 2.00 bits per heavy atom. The lowest BCUT2D eigenvalue weighted by molar-refractivity contribution is -0.0331. The third kappa shape index (κ3) is 2.15. The van der Waals surface area contributed by atoms with Crippen molar-refractivity contribution in [2.75, 3.05) is 26.3 Å². The van der Waals surface area contributed by atoms with Crippen LogP contribution in [0, 0.1) is 23.2 Å². The fraction of sp³-hybridized carbons (Fsp3) is 1.00. The van der Waals surface area contributed by atoms with E-state index in [1.807, 2.05) is 0 Å². The minimum atomic E-state index is 0.577. The molecule has 17 heavy (non-hydrogen) atoms. The van der Waals surface area contributed by atoms with Crippen molar-refractivity contribution in [2.45, 2.75) is 45.4 Å². The van der Waals surface area contributed by atoms with Gasteiger partial charge in [-0.05, 0) is 61.8 Å². The molecule has 2 nitrogen and oxygen atoms in total. The highest BCUT2D eigenvalue weighted by molar-refractivity contribution is 5.01. The van der Waals surface area contributed by atoms with Gasteiger partial charge in [-0.1, -0.05) is 13.3 Å². The van der Waals surface area contributed by atoms with Crippen LogP contribution in [0.25, 0.3) is 0 Å². The lowest BCUT2D eigenvalue weighted by Crippen LogP contribution is -2.46. The topological polar surface area (TPSA) is 21.3 Å². The van der Waals surface area contributed by atoms with Crippen LogP contribution in [-0.2, 0) is 4.74 Å². The van der Waals surface area contributed by atoms with E-state index in [9.17, 15) is 0 Å². The molecule has 0 aromatic heterocycles. The molecule has 1 heterocycles. The van der Waals surface area contributed by atoms with E-state index >= 15 is 0 Å². The Hall–Kier alpha value is -0.0800. The van der Waals surface area contributed by atoms with Gasteiger partial charge in [0, 0.05) is 19.8 Å². The van der Waals surface area contributed by atoms with Crippen LogP contribution in [0.2, 0.25) is 0 Å². The minimum absolute atomic E-state index is 0.577. The maximum Gasteiger partial charge on any atom is 0.0471 e. The van der Waals surface area contributed by atoms with Crippen LogP contribution in [-0.4, -0.2) is 26.3 Å². The molecule has 2 heteroatoms. The zero-order valence-corrected chi connectivity index (χ0v) is 11.2. The van der Waals surface area contributed by atoms with Crippen LogP contribution in [0.15, 0.2) is 0 Å². The van der Waals surface area contributed by atoms with Crippen LogP contribution in [0.4, 0.5) is 0 Å². The molecule has 3 fully saturated rings. The zero-order chi connectivity index (χ0) is 11.7. The van der Waals surface area contributed by atoms with Crippen LogP contribution in [0.5, 0.6) is 0 Å². The highest BCUT2D eigenvalue weighted by Gasteiger charge is 2.50. The number of hydrogen-bond donors (Lipinski definition) is 1. The van der Waals surface area contributed by atoms with Crippen molar-refractivity contribution in [1.82, 2.24) is 5.32 Å². The van der Waals surface area contributed by atoms with Crippen molar-refractivity contribution in [3.05, 3.63) is 0 Å². The number of rotatable bonds is 4. The first kappa shape index (κ1) is 12.0. The molecular weight excluding hydrogens is 210 g/mol. The molecule has 3 atom stereocenters. The first-order valence-corrected chi connectivity index (χ1v) is 7.62. The van der Waals surface area contributed by atoms with Crippen LogP contribution >= 0.6 is 0 Å². The molecule has 0 spiro atoms. The Labute approximate surface area is 105 Å². The summed E-state index contributed by atoms with van der Waals surface area (Å²) in [4.78, 5) is 0. The van der Waals surface area contributed by atoms with Gasteiger partial charge in [0.25, 0.3) is 0 Å². The van der Waals surface area contributed by atoms with Gasteiger partial charge >= 0.3 is 0 Å². The molecule has 2 saturated carbocycles. The molecule has 3 rings (SSSR count). The standard InChI is InChI=1S/C15H27NO/c1-2-16-11-15(5-7-17-8-6-15)14-10-12-3-4-13(14)9-12/h12-14,16H,2-11H2,1H3. The van der Waals surface area contributed by atoms with Gasteiger partial charge in [0.05, 0.1) is 0 Å². The highest BCUT2D eigenvalue weighted by Crippen LogP contribution is 2.57. The van der Waals surface area contributed by atoms with E-state index in [2.05, 4.69) is 12.2 Å². The van der Waals surface area contributed by atoms with Gasteiger partial charge in [-0.25, -0.2) is 0 Å². The molecular formula is C15H27NO. The number of nitrogens with one attached hydrogen (secondary N) is 1. The summed E-state index contributed by atoms with van der Waals surface area (Å²) in [6.45, 7) is 6.58. The lowest BCUT2D eigenvalue weighted by Gasteiger charge is -2.46. The van der Waals surface area contributed by atoms with Crippen molar-refractivity contribution >= 4 is 0 Å². The van der Waals surface area contributed by atoms with Gasteiger partial charge in [-0.15, -0.1) is 0 Å². The average molecular weight is 237 g/mol. The molecule has 1 saturated heterocycles. The molecule has 0 aromatic carbocycles. The average Bonchev–Trinajstić information content (AvgIpc) is 3.00. The summed E-state index contributed by atoms with van der Waals surface area (Å²) in [6, 6.07) is 0. The monoisotopic (exact) mass is 237 g/mol. The van der Waals surface area contributed by atoms with Gasteiger partial charge < -0.3 is 10.1 Å². The summed E-state index contributed by atoms with van der Waals surface area (Å²) in [5.41, 5.74) is 0.577. The van der Waals surface area contributed by atoms with E-state index in [4.69, 9.17) is 4.74 Å². The van der Waals surface area contributed by atoms with E-state index < -0.39 is 0 Å². The Bertz CT molecular complexity index is 260. The van der Waals surface area contributed by atoms with E-state index in [1.165, 1.54) is 38.6 Å². The summed E-state index contributed by atoms with van der Waals surface area (Å²) in [5, 5.41) is 3.64. The molecule has 3 aliphatic rings. The summed E-state index contributed by atoms with van der Waals surface area (Å²) in [5.74, 6) is 3.13. The molecule has 0 aromatic rings. The van der Waals surface area contributed by atoms with E-state index in [1.54, 1.807) is 6.42 Å². The Morgan fingerprint density at radius 3 is 2.59 bits per heavy atom. The molecule has 3 unspecified atom stereocenters. The number of ether oxygens (including phenoxy) is 1. The maximum atomic E-state index is 5.62. The second-order valence-electron chi connectivity index (χ2n) is 6.54. The number of hydrogen-bond acceptors (Lipinski definition) is 2. The van der Waals surface area contributed by atoms with Gasteiger partial charge in [0.15, 0.2) is 0 Å². The second-order valence-corrected chi connectivity index (χ2v) is 6.54. The number of fused-ring (bicyclic) bond motifs is 2. The summed E-state index contributed by atoms with van der Waals surface area (Å²) >= 11 is 0. The highest BCUT2D eigenvalue weighted by atomic mass is 16.5. The fourth-order valence-electron chi connectivity index (χ4n) is 4.83. The molecule has 98 valence electrons. The molecule has 0 amide bonds. The molecule has 1 aliphatic heterocycles. The van der Waals surface area contributed by atoms with Gasteiger partial charge in [-0.3, -0.25) is 0 Å². The van der Waals surface area contributed by atoms with Crippen molar-refractivity contribution in [3.63, 3.8) is 0 Å². The zero-order valence-electron chi connectivity index (χ0n) is 11.2. The quantitative estimate of drug-likeness (QED) is 0.812. The van der Waals surface area contributed by atoms with Crippen molar-refractivity contribution in [3.8, 4) is 0 Å². The Morgan fingerprint density at radius 1 is 1.18 bits per heavy atom. The van der Waals surface area contributed by atoms with Crippen molar-refractivity contribution in [2.24, 2.45) is 23.2 Å². The summed E-state index contributed by atoms with van der Waals surface area (Å²) < 4.78 is 5.62. The maximum absolute atomic E-state index is 5.62. The predicted molar refractivity (Wildman–Crippen MR) is 70.0 cm³/mol. The Kier molecular flexibility index (Phi) is 3.45. The van der Waals surface area contributed by atoms with E-state index in [-0.39, 0.29) is 0 Å². The van der Waals surface area contributed by atoms with Crippen LogP contribution < -0.4 is 5.32 Å². The lowest BCUT2D eigenvalue weighted by atomic mass is 9.64. The normalized spacial score (nSPS) is 39.7. The molecule has 2 aliphatic carbocycles. The second kappa shape index (κ2) is 4.89. The van der Waals surface area contributed by atoms with E-state index in [0.717, 1.165) is 37.5 Å². The molecule has 0 radical (unpaired) electrons. The predicted octanol–water partition coefficient (Wildman–Crippen LogP) is 2.83. The minimum Gasteiger partial charge on any atom is -0.381 e. The van der Waals surface area contributed by atoms with Gasteiger partial charge in [0.1, 0.15) is 0 Å². The van der Waals surface area contributed by atoms with Crippen molar-refractivity contribution in [1.29, 1.82) is 0 Å². The third-order valence-corrected chi connectivity index (χ3v) is 5.74. The largest absolute Gasteiger partial charge is 0.381 e. The summed E-state index contributed by atoms with van der Waals surface area (Å²) in [7, 11) is 0. The van der Waals surface area contributed by atoms with E-state index in [0.29, 0.717) is 5.41 Å². The molecule has 1 N–H and O–H groups in total. The SMILES string of the molecule is CCNCC1(C2CC3CCC2C3)CCOCC1. The summed E-state index contributed by atoms with van der Waals surface area (Å²) in [6.07, 6.45) is 8.70. The first-order chi connectivity index (χ1) is 8.34. The molecule has 2 bridgehead atoms. The first-order valence-electron chi connectivity index (χ1n) is 7.62. The van der Waals surface area contributed by atoms with Crippen LogP contribution in [0.1, 0.15) is 45.4 Å². The van der Waals surface area contributed by atoms with Gasteiger partial charge in [-0.2, -0.15) is 0 Å². The van der Waals surface area contributed by atoms with Gasteiger partial charge in [0.2, 0.25) is 0 Å². The third-order valence-electron chi connectivity index (χ3n) is 5.74. The smallest absolute Gasteiger partial charge is 0.0471 e. The Balaban J connectivity index is 1.73. The van der Waals surface area contributed by atoms with Crippen molar-refractivity contribution < 1.29 is 4.74 Å². The fourth-order valence-corrected chi connectivity index (χ4v) is 4.83.